The summed E-state index contributed by atoms with van der Waals surface area (Å²) >= 11 is 0. The Labute approximate surface area is 162 Å². The number of H-pyrrole nitrogens is 1. The van der Waals surface area contributed by atoms with Crippen LogP contribution in [0.3, 0.4) is 0 Å². The SMILES string of the molecule is CCOc1ccc(-c2n[nH]c3c2[C@H](c2ccc(O)c(OCC)c2)NC3=O)cc1. The molecule has 0 radical (unpaired) electrons. The molecule has 144 valence electrons. The molecule has 1 aliphatic heterocycles. The van der Waals surface area contributed by atoms with E-state index in [9.17, 15) is 9.90 Å². The molecule has 0 spiro atoms. The predicted molar refractivity (Wildman–Crippen MR) is 104 cm³/mol. The minimum atomic E-state index is -0.386. The van der Waals surface area contributed by atoms with Crippen molar-refractivity contribution in [3.63, 3.8) is 0 Å². The van der Waals surface area contributed by atoms with Crippen LogP contribution < -0.4 is 14.8 Å². The van der Waals surface area contributed by atoms with E-state index >= 15 is 0 Å². The number of nitrogens with one attached hydrogen (secondary N) is 2. The van der Waals surface area contributed by atoms with Crippen molar-refractivity contribution in [3.05, 3.63) is 59.3 Å². The van der Waals surface area contributed by atoms with Gasteiger partial charge in [-0.1, -0.05) is 6.07 Å². The number of benzene rings is 2. The van der Waals surface area contributed by atoms with Gasteiger partial charge in [0.05, 0.1) is 24.9 Å². The first-order valence-corrected chi connectivity index (χ1v) is 9.20. The number of aromatic amines is 1. The molecule has 2 aromatic carbocycles. The lowest BCUT2D eigenvalue weighted by atomic mass is 9.96. The minimum absolute atomic E-state index is 0.0640. The number of aromatic hydroxyl groups is 1. The Hall–Kier alpha value is -3.48. The Kier molecular flexibility index (Phi) is 4.65. The molecule has 2 heterocycles. The smallest absolute Gasteiger partial charge is 0.270 e. The van der Waals surface area contributed by atoms with Crippen LogP contribution in [0.2, 0.25) is 0 Å². The van der Waals surface area contributed by atoms with Gasteiger partial charge in [-0.25, -0.2) is 0 Å². The third kappa shape index (κ3) is 3.05. The van der Waals surface area contributed by atoms with Crippen LogP contribution in [0.25, 0.3) is 11.3 Å². The van der Waals surface area contributed by atoms with Crippen LogP contribution >= 0.6 is 0 Å². The van der Waals surface area contributed by atoms with Crippen molar-refractivity contribution in [2.24, 2.45) is 0 Å². The van der Waals surface area contributed by atoms with Gasteiger partial charge in [0.15, 0.2) is 11.5 Å². The van der Waals surface area contributed by atoms with Gasteiger partial charge in [-0.2, -0.15) is 5.10 Å². The van der Waals surface area contributed by atoms with Gasteiger partial charge in [0.1, 0.15) is 11.4 Å². The lowest BCUT2D eigenvalue weighted by Crippen LogP contribution is -2.21. The molecule has 3 aromatic rings. The molecule has 4 rings (SSSR count). The number of carbonyl (C=O) groups is 1. The van der Waals surface area contributed by atoms with E-state index in [2.05, 4.69) is 15.5 Å². The number of nitrogens with zero attached hydrogens (tertiary/aromatic N) is 1. The van der Waals surface area contributed by atoms with E-state index in [0.29, 0.717) is 30.4 Å². The fourth-order valence-corrected chi connectivity index (χ4v) is 3.41. The molecule has 0 fully saturated rings. The third-order valence-corrected chi connectivity index (χ3v) is 4.65. The highest BCUT2D eigenvalue weighted by atomic mass is 16.5. The highest BCUT2D eigenvalue weighted by molar-refractivity contribution is 6.00. The van der Waals surface area contributed by atoms with E-state index in [4.69, 9.17) is 9.47 Å². The highest BCUT2D eigenvalue weighted by Crippen LogP contribution is 2.39. The first-order chi connectivity index (χ1) is 13.6. The van der Waals surface area contributed by atoms with Crippen molar-refractivity contribution in [1.82, 2.24) is 15.5 Å². The maximum Gasteiger partial charge on any atom is 0.270 e. The number of carbonyl (C=O) groups excluding carboxylic acids is 1. The van der Waals surface area contributed by atoms with Crippen LogP contribution in [0, 0.1) is 0 Å². The standard InChI is InChI=1S/C21H21N3O4/c1-3-27-14-8-5-12(6-9-14)19-17-18(22-21(26)20(17)24-23-19)13-7-10-15(25)16(11-13)28-4-2/h5-11,18,25H,3-4H2,1-2H3,(H,22,26)(H,23,24)/t18-/m0/s1. The van der Waals surface area contributed by atoms with E-state index in [0.717, 1.165) is 22.4 Å². The fraction of sp³-hybridized carbons (Fsp3) is 0.238. The summed E-state index contributed by atoms with van der Waals surface area (Å²) in [6, 6.07) is 12.3. The molecule has 1 amide bonds. The van der Waals surface area contributed by atoms with Gasteiger partial charge in [0.2, 0.25) is 0 Å². The Balaban J connectivity index is 1.75. The molecular weight excluding hydrogens is 358 g/mol. The first kappa shape index (κ1) is 17.9. The Morgan fingerprint density at radius 1 is 1.07 bits per heavy atom. The van der Waals surface area contributed by atoms with Crippen molar-refractivity contribution in [1.29, 1.82) is 0 Å². The summed E-state index contributed by atoms with van der Waals surface area (Å²) in [4.78, 5) is 12.4. The highest BCUT2D eigenvalue weighted by Gasteiger charge is 2.35. The molecule has 0 unspecified atom stereocenters. The summed E-state index contributed by atoms with van der Waals surface area (Å²) in [5.74, 6) is 1.02. The summed E-state index contributed by atoms with van der Waals surface area (Å²) < 4.78 is 11.0. The average molecular weight is 379 g/mol. The number of hydrogen-bond acceptors (Lipinski definition) is 5. The minimum Gasteiger partial charge on any atom is -0.504 e. The summed E-state index contributed by atoms with van der Waals surface area (Å²) in [5, 5.41) is 20.2. The first-order valence-electron chi connectivity index (χ1n) is 9.20. The molecule has 28 heavy (non-hydrogen) atoms. The largest absolute Gasteiger partial charge is 0.504 e. The Morgan fingerprint density at radius 3 is 2.54 bits per heavy atom. The molecule has 3 N–H and O–H groups in total. The zero-order valence-corrected chi connectivity index (χ0v) is 15.7. The lowest BCUT2D eigenvalue weighted by molar-refractivity contribution is 0.0955. The molecule has 7 nitrogen and oxygen atoms in total. The number of rotatable bonds is 6. The van der Waals surface area contributed by atoms with Crippen molar-refractivity contribution in [2.45, 2.75) is 19.9 Å². The maximum absolute atomic E-state index is 12.4. The number of ether oxygens (including phenoxy) is 2. The maximum atomic E-state index is 12.4. The van der Waals surface area contributed by atoms with Crippen molar-refractivity contribution >= 4 is 5.91 Å². The number of phenolic OH excluding ortho intramolecular Hbond substituents is 1. The normalized spacial score (nSPS) is 15.2. The zero-order chi connectivity index (χ0) is 19.7. The van der Waals surface area contributed by atoms with Crippen molar-refractivity contribution in [2.75, 3.05) is 13.2 Å². The van der Waals surface area contributed by atoms with Crippen LogP contribution in [-0.4, -0.2) is 34.4 Å². The van der Waals surface area contributed by atoms with Crippen molar-refractivity contribution in [3.8, 4) is 28.5 Å². The average Bonchev–Trinajstić information content (AvgIpc) is 3.26. The molecule has 1 aliphatic rings. The molecule has 1 aromatic heterocycles. The van der Waals surface area contributed by atoms with E-state index in [1.807, 2.05) is 38.1 Å². The van der Waals surface area contributed by atoms with E-state index < -0.39 is 0 Å². The van der Waals surface area contributed by atoms with Crippen LogP contribution in [0.5, 0.6) is 17.2 Å². The Morgan fingerprint density at radius 2 is 1.82 bits per heavy atom. The van der Waals surface area contributed by atoms with Gasteiger partial charge in [-0.05, 0) is 55.8 Å². The second-order valence-electron chi connectivity index (χ2n) is 6.38. The molecule has 7 heteroatoms. The second kappa shape index (κ2) is 7.26. The van der Waals surface area contributed by atoms with Crippen LogP contribution in [-0.2, 0) is 0 Å². The van der Waals surface area contributed by atoms with Gasteiger partial charge >= 0.3 is 0 Å². The van der Waals surface area contributed by atoms with Crippen LogP contribution in [0.15, 0.2) is 42.5 Å². The van der Waals surface area contributed by atoms with Crippen LogP contribution in [0.4, 0.5) is 0 Å². The van der Waals surface area contributed by atoms with Gasteiger partial charge in [-0.3, -0.25) is 9.89 Å². The van der Waals surface area contributed by atoms with Crippen LogP contribution in [0.1, 0.15) is 41.5 Å². The second-order valence-corrected chi connectivity index (χ2v) is 6.38. The third-order valence-electron chi connectivity index (χ3n) is 4.65. The van der Waals surface area contributed by atoms with Gasteiger partial charge in [0.25, 0.3) is 5.91 Å². The molecular formula is C21H21N3O4. The molecule has 0 saturated carbocycles. The lowest BCUT2D eigenvalue weighted by Gasteiger charge is -2.15. The molecule has 0 aliphatic carbocycles. The number of aromatic nitrogens is 2. The summed E-state index contributed by atoms with van der Waals surface area (Å²) in [7, 11) is 0. The van der Waals surface area contributed by atoms with Gasteiger partial charge < -0.3 is 19.9 Å². The quantitative estimate of drug-likeness (QED) is 0.610. The monoisotopic (exact) mass is 379 g/mol. The number of amides is 1. The topological polar surface area (TPSA) is 96.5 Å². The van der Waals surface area contributed by atoms with Gasteiger partial charge in [0, 0.05) is 11.1 Å². The number of phenols is 1. The zero-order valence-electron chi connectivity index (χ0n) is 15.7. The van der Waals surface area contributed by atoms with Crippen molar-refractivity contribution < 1.29 is 19.4 Å². The predicted octanol–water partition coefficient (Wildman–Crippen LogP) is 3.41. The van der Waals surface area contributed by atoms with E-state index in [1.54, 1.807) is 18.2 Å². The van der Waals surface area contributed by atoms with E-state index in [1.165, 1.54) is 0 Å². The Bertz CT molecular complexity index is 1010. The summed E-state index contributed by atoms with van der Waals surface area (Å²) in [6.07, 6.45) is 0. The molecule has 0 bridgehead atoms. The number of fused-ring (bicyclic) bond motifs is 1. The summed E-state index contributed by atoms with van der Waals surface area (Å²) in [6.45, 7) is 4.81. The fourth-order valence-electron chi connectivity index (χ4n) is 3.41. The van der Waals surface area contributed by atoms with E-state index in [-0.39, 0.29) is 17.7 Å². The molecule has 1 atom stereocenters. The van der Waals surface area contributed by atoms with Gasteiger partial charge in [-0.15, -0.1) is 0 Å². The summed E-state index contributed by atoms with van der Waals surface area (Å²) in [5.41, 5.74) is 3.61. The number of hydrogen-bond donors (Lipinski definition) is 3. The molecule has 0 saturated heterocycles.